The molecule has 0 fully saturated rings. The number of carbonyl (C=O) groups excluding carboxylic acids is 2. The van der Waals surface area contributed by atoms with E-state index >= 15 is 0 Å². The van der Waals surface area contributed by atoms with Gasteiger partial charge in [-0.2, -0.15) is 5.10 Å². The number of amides is 2. The molecule has 0 saturated carbocycles. The van der Waals surface area contributed by atoms with E-state index in [1.807, 2.05) is 18.2 Å². The van der Waals surface area contributed by atoms with Crippen LogP contribution in [0.1, 0.15) is 15.9 Å². The van der Waals surface area contributed by atoms with Crippen molar-refractivity contribution in [1.82, 2.24) is 10.7 Å². The first-order valence-corrected chi connectivity index (χ1v) is 8.64. The number of hydrogen-bond donors (Lipinski definition) is 2. The molecule has 2 aromatic rings. The lowest BCUT2D eigenvalue weighted by atomic mass is 10.2. The predicted molar refractivity (Wildman–Crippen MR) is 105 cm³/mol. The second-order valence-electron chi connectivity index (χ2n) is 4.88. The van der Waals surface area contributed by atoms with Gasteiger partial charge in [-0.3, -0.25) is 9.59 Å². The van der Waals surface area contributed by atoms with E-state index < -0.39 is 5.91 Å². The van der Waals surface area contributed by atoms with Crippen molar-refractivity contribution in [2.45, 2.75) is 0 Å². The maximum absolute atomic E-state index is 11.9. The lowest BCUT2D eigenvalue weighted by Gasteiger charge is -2.05. The fourth-order valence-corrected chi connectivity index (χ4v) is 2.73. The lowest BCUT2D eigenvalue weighted by molar-refractivity contribution is -0.120. The predicted octanol–water partition coefficient (Wildman–Crippen LogP) is 2.83. The maximum Gasteiger partial charge on any atom is 0.259 e. The van der Waals surface area contributed by atoms with Gasteiger partial charge in [0.25, 0.3) is 11.8 Å². The van der Waals surface area contributed by atoms with Gasteiger partial charge in [0.2, 0.25) is 0 Å². The zero-order valence-electron chi connectivity index (χ0n) is 13.3. The average molecular weight is 472 g/mol. The van der Waals surface area contributed by atoms with E-state index in [1.165, 1.54) is 6.21 Å². The summed E-state index contributed by atoms with van der Waals surface area (Å²) in [5.74, 6) is -0.0195. The number of hydrazone groups is 1. The van der Waals surface area contributed by atoms with Crippen molar-refractivity contribution in [3.8, 4) is 5.75 Å². The first-order valence-electron chi connectivity index (χ1n) is 7.19. The summed E-state index contributed by atoms with van der Waals surface area (Å²) in [4.78, 5) is 23.6. The Morgan fingerprint density at radius 1 is 1.24 bits per heavy atom. The number of carbonyl (C=O) groups is 2. The summed E-state index contributed by atoms with van der Waals surface area (Å²) >= 11 is 7.91. The molecule has 0 heterocycles. The van der Waals surface area contributed by atoms with E-state index in [9.17, 15) is 9.59 Å². The Labute approximate surface area is 163 Å². The van der Waals surface area contributed by atoms with E-state index in [1.54, 1.807) is 31.4 Å². The first-order chi connectivity index (χ1) is 12.0. The molecule has 0 aliphatic rings. The third-order valence-electron chi connectivity index (χ3n) is 3.09. The number of benzene rings is 2. The highest BCUT2D eigenvalue weighted by Gasteiger charge is 2.07. The Balaban J connectivity index is 1.81. The maximum atomic E-state index is 11.9. The molecule has 0 aromatic heterocycles. The Kier molecular flexibility index (Phi) is 7.20. The third kappa shape index (κ3) is 6.02. The van der Waals surface area contributed by atoms with E-state index in [0.717, 1.165) is 14.9 Å². The zero-order chi connectivity index (χ0) is 18.2. The summed E-state index contributed by atoms with van der Waals surface area (Å²) < 4.78 is 6.11. The molecule has 25 heavy (non-hydrogen) atoms. The standard InChI is InChI=1S/C17H15ClIN3O3/c1-25-15-7-2-11(8-14(15)19)9-21-22-16(23)10-20-17(24)12-3-5-13(18)6-4-12/h2-9H,10H2,1H3,(H,20,24)(H,22,23)/b21-9-. The quantitative estimate of drug-likeness (QED) is 0.386. The lowest BCUT2D eigenvalue weighted by Crippen LogP contribution is -2.34. The van der Waals surface area contributed by atoms with Crippen molar-refractivity contribution >= 4 is 52.2 Å². The molecule has 0 saturated heterocycles. The van der Waals surface area contributed by atoms with E-state index in [0.29, 0.717) is 10.6 Å². The topological polar surface area (TPSA) is 79.8 Å². The molecule has 2 aromatic carbocycles. The summed E-state index contributed by atoms with van der Waals surface area (Å²) in [5, 5.41) is 6.91. The highest BCUT2D eigenvalue weighted by molar-refractivity contribution is 14.1. The average Bonchev–Trinajstić information content (AvgIpc) is 2.60. The SMILES string of the molecule is COc1ccc(/C=N\NC(=O)CNC(=O)c2ccc(Cl)cc2)cc1I. The molecule has 0 spiro atoms. The number of ether oxygens (including phenoxy) is 1. The van der Waals surface area contributed by atoms with E-state index in [-0.39, 0.29) is 12.5 Å². The largest absolute Gasteiger partial charge is 0.496 e. The van der Waals surface area contributed by atoms with Crippen molar-refractivity contribution in [3.63, 3.8) is 0 Å². The Bertz CT molecular complexity index is 794. The fourth-order valence-electron chi connectivity index (χ4n) is 1.85. The smallest absolute Gasteiger partial charge is 0.259 e. The van der Waals surface area contributed by atoms with Crippen molar-refractivity contribution < 1.29 is 14.3 Å². The van der Waals surface area contributed by atoms with Gasteiger partial charge in [-0.15, -0.1) is 0 Å². The molecular formula is C17H15ClIN3O3. The fraction of sp³-hybridized carbons (Fsp3) is 0.118. The second-order valence-corrected chi connectivity index (χ2v) is 6.48. The molecule has 2 rings (SSSR count). The second kappa shape index (κ2) is 9.38. The van der Waals surface area contributed by atoms with Crippen LogP contribution in [0.3, 0.4) is 0 Å². The van der Waals surface area contributed by atoms with Crippen LogP contribution < -0.4 is 15.5 Å². The van der Waals surface area contributed by atoms with E-state index in [2.05, 4.69) is 38.4 Å². The monoisotopic (exact) mass is 471 g/mol. The molecular weight excluding hydrogens is 457 g/mol. The summed E-state index contributed by atoms with van der Waals surface area (Å²) in [6.45, 7) is -0.182. The van der Waals surface area contributed by atoms with E-state index in [4.69, 9.17) is 16.3 Å². The van der Waals surface area contributed by atoms with Gasteiger partial charge < -0.3 is 10.1 Å². The van der Waals surface area contributed by atoms with Gasteiger partial charge in [-0.1, -0.05) is 11.6 Å². The van der Waals surface area contributed by atoms with Crippen molar-refractivity contribution in [2.75, 3.05) is 13.7 Å². The van der Waals surface area contributed by atoms with Crippen LogP contribution in [0.5, 0.6) is 5.75 Å². The Morgan fingerprint density at radius 3 is 2.60 bits per heavy atom. The third-order valence-corrected chi connectivity index (χ3v) is 4.19. The first kappa shape index (κ1) is 19.2. The van der Waals surface area contributed by atoms with Gasteiger partial charge in [0.15, 0.2) is 0 Å². The summed E-state index contributed by atoms with van der Waals surface area (Å²) in [7, 11) is 1.60. The molecule has 8 heteroatoms. The molecule has 0 atom stereocenters. The zero-order valence-corrected chi connectivity index (χ0v) is 16.2. The number of nitrogens with one attached hydrogen (secondary N) is 2. The molecule has 2 N–H and O–H groups in total. The number of rotatable bonds is 6. The van der Waals surface area contributed by atoms with Crippen molar-refractivity contribution in [3.05, 3.63) is 62.2 Å². The van der Waals surface area contributed by atoms with Crippen LogP contribution in [0, 0.1) is 3.57 Å². The minimum absolute atomic E-state index is 0.182. The van der Waals surface area contributed by atoms with Crippen LogP contribution in [0.25, 0.3) is 0 Å². The van der Waals surface area contributed by atoms with Crippen molar-refractivity contribution in [2.24, 2.45) is 5.10 Å². The Hall–Kier alpha value is -2.13. The van der Waals surface area contributed by atoms with Gasteiger partial charge in [0.1, 0.15) is 5.75 Å². The molecule has 6 nitrogen and oxygen atoms in total. The van der Waals surface area contributed by atoms with Gasteiger partial charge in [-0.25, -0.2) is 5.43 Å². The van der Waals surface area contributed by atoms with Crippen LogP contribution >= 0.6 is 34.2 Å². The molecule has 0 aliphatic heterocycles. The molecule has 130 valence electrons. The van der Waals surface area contributed by atoms with Gasteiger partial charge in [-0.05, 0) is 70.6 Å². The number of methoxy groups -OCH3 is 1. The molecule has 0 radical (unpaired) electrons. The summed E-state index contributed by atoms with van der Waals surface area (Å²) in [6, 6.07) is 11.9. The number of halogens is 2. The van der Waals surface area contributed by atoms with Gasteiger partial charge in [0, 0.05) is 10.6 Å². The minimum atomic E-state index is -0.429. The van der Waals surface area contributed by atoms with Crippen LogP contribution in [-0.4, -0.2) is 31.7 Å². The molecule has 0 unspecified atom stereocenters. The molecule has 0 aliphatic carbocycles. The van der Waals surface area contributed by atoms with Gasteiger partial charge >= 0.3 is 0 Å². The van der Waals surface area contributed by atoms with Crippen LogP contribution in [0.2, 0.25) is 5.02 Å². The summed E-state index contributed by atoms with van der Waals surface area (Å²) in [5.41, 5.74) is 3.60. The summed E-state index contributed by atoms with van der Waals surface area (Å²) in [6.07, 6.45) is 1.51. The number of hydrogen-bond acceptors (Lipinski definition) is 4. The Morgan fingerprint density at radius 2 is 1.96 bits per heavy atom. The van der Waals surface area contributed by atoms with Crippen LogP contribution in [-0.2, 0) is 4.79 Å². The van der Waals surface area contributed by atoms with Gasteiger partial charge in [0.05, 0.1) is 23.4 Å². The van der Waals surface area contributed by atoms with Crippen molar-refractivity contribution in [1.29, 1.82) is 0 Å². The highest BCUT2D eigenvalue weighted by atomic mass is 127. The minimum Gasteiger partial charge on any atom is -0.496 e. The van der Waals surface area contributed by atoms with Crippen LogP contribution in [0.15, 0.2) is 47.6 Å². The highest BCUT2D eigenvalue weighted by Crippen LogP contribution is 2.20. The molecule has 0 bridgehead atoms. The number of nitrogens with zero attached hydrogens (tertiary/aromatic N) is 1. The van der Waals surface area contributed by atoms with Crippen LogP contribution in [0.4, 0.5) is 0 Å². The normalized spacial score (nSPS) is 10.5. The molecule has 2 amide bonds.